The molecule has 4 nitrogen and oxygen atoms in total. The number of nitrogens with one attached hydrogen (secondary N) is 1. The summed E-state index contributed by atoms with van der Waals surface area (Å²) in [5.41, 5.74) is 0. The zero-order valence-corrected chi connectivity index (χ0v) is 11.5. The van der Waals surface area contributed by atoms with Gasteiger partial charge in [-0.15, -0.1) is 0 Å². The third kappa shape index (κ3) is 7.51. The van der Waals surface area contributed by atoms with E-state index >= 15 is 0 Å². The molecular formula is C11H17F6NO3. The van der Waals surface area contributed by atoms with E-state index in [1.807, 2.05) is 0 Å². The molecule has 0 aromatic heterocycles. The Balaban J connectivity index is 4.79. The van der Waals surface area contributed by atoms with E-state index in [0.717, 1.165) is 0 Å². The lowest BCUT2D eigenvalue weighted by molar-refractivity contribution is -0.322. The van der Waals surface area contributed by atoms with Crippen molar-refractivity contribution in [2.45, 2.75) is 44.8 Å². The van der Waals surface area contributed by atoms with Gasteiger partial charge in [-0.05, 0) is 19.9 Å². The minimum absolute atomic E-state index is 0.0505. The Morgan fingerprint density at radius 2 is 1.62 bits per heavy atom. The largest absolute Gasteiger partial charge is 0.465 e. The highest BCUT2D eigenvalue weighted by atomic mass is 19.4. The molecule has 0 rings (SSSR count). The van der Waals surface area contributed by atoms with Crippen molar-refractivity contribution in [3.05, 3.63) is 0 Å². The van der Waals surface area contributed by atoms with Gasteiger partial charge in [0.1, 0.15) is 6.04 Å². The van der Waals surface area contributed by atoms with E-state index in [1.165, 1.54) is 6.92 Å². The third-order valence-electron chi connectivity index (χ3n) is 2.24. The van der Waals surface area contributed by atoms with E-state index in [4.69, 9.17) is 0 Å². The predicted molar refractivity (Wildman–Crippen MR) is 60.6 cm³/mol. The highest BCUT2D eigenvalue weighted by Gasteiger charge is 2.58. The zero-order valence-electron chi connectivity index (χ0n) is 11.5. The Kier molecular flexibility index (Phi) is 8.01. The molecule has 10 heteroatoms. The Morgan fingerprint density at radius 1 is 1.10 bits per heavy atom. The van der Waals surface area contributed by atoms with Crippen molar-refractivity contribution in [2.24, 2.45) is 0 Å². The lowest BCUT2D eigenvalue weighted by Crippen LogP contribution is -2.49. The number of rotatable bonds is 8. The molecule has 0 spiro atoms. The number of carbonyl (C=O) groups is 1. The third-order valence-corrected chi connectivity index (χ3v) is 2.24. The molecule has 0 radical (unpaired) electrons. The van der Waals surface area contributed by atoms with Crippen molar-refractivity contribution in [1.29, 1.82) is 0 Å². The van der Waals surface area contributed by atoms with Crippen molar-refractivity contribution in [3.8, 4) is 0 Å². The van der Waals surface area contributed by atoms with Crippen LogP contribution in [-0.4, -0.2) is 50.2 Å². The zero-order chi connectivity index (χ0) is 16.7. The number of carbonyl (C=O) groups excluding carboxylic acids is 1. The summed E-state index contributed by atoms with van der Waals surface area (Å²) < 4.78 is 82.2. The van der Waals surface area contributed by atoms with E-state index in [0.29, 0.717) is 6.42 Å². The Bertz CT molecular complexity index is 304. The van der Waals surface area contributed by atoms with Gasteiger partial charge in [0.25, 0.3) is 0 Å². The molecule has 0 aliphatic carbocycles. The molecule has 0 aromatic carbocycles. The minimum Gasteiger partial charge on any atom is -0.465 e. The second kappa shape index (κ2) is 8.42. The molecule has 1 unspecified atom stereocenters. The molecule has 0 bridgehead atoms. The summed E-state index contributed by atoms with van der Waals surface area (Å²) in [4.78, 5) is 11.4. The normalized spacial score (nSPS) is 14.3. The summed E-state index contributed by atoms with van der Waals surface area (Å²) >= 11 is 0. The molecule has 0 saturated heterocycles. The molecule has 0 amide bonds. The molecule has 1 atom stereocenters. The minimum atomic E-state index is -5.61. The van der Waals surface area contributed by atoms with Crippen LogP contribution in [0.3, 0.4) is 0 Å². The SMILES string of the molecule is CCCNC(COC(C(F)(F)F)C(F)(F)F)C(=O)OCC. The van der Waals surface area contributed by atoms with Crippen molar-refractivity contribution in [3.63, 3.8) is 0 Å². The smallest absolute Gasteiger partial charge is 0.423 e. The molecule has 0 aliphatic heterocycles. The van der Waals surface area contributed by atoms with Crippen molar-refractivity contribution in [2.75, 3.05) is 19.8 Å². The van der Waals surface area contributed by atoms with Crippen LogP contribution in [0.1, 0.15) is 20.3 Å². The van der Waals surface area contributed by atoms with Crippen LogP contribution in [0.2, 0.25) is 0 Å². The van der Waals surface area contributed by atoms with Crippen LogP contribution >= 0.6 is 0 Å². The van der Waals surface area contributed by atoms with E-state index in [-0.39, 0.29) is 13.2 Å². The second-order valence-electron chi connectivity index (χ2n) is 4.06. The first-order chi connectivity index (χ1) is 9.54. The average Bonchev–Trinajstić information content (AvgIpc) is 2.30. The van der Waals surface area contributed by atoms with Crippen LogP contribution in [0.5, 0.6) is 0 Å². The van der Waals surface area contributed by atoms with Gasteiger partial charge in [-0.3, -0.25) is 4.79 Å². The first kappa shape index (κ1) is 20.0. The number of halogens is 6. The van der Waals surface area contributed by atoms with Crippen LogP contribution in [-0.2, 0) is 14.3 Å². The van der Waals surface area contributed by atoms with Crippen LogP contribution in [0.4, 0.5) is 26.3 Å². The predicted octanol–water partition coefficient (Wildman–Crippen LogP) is 2.43. The molecule has 0 saturated carbocycles. The van der Waals surface area contributed by atoms with Gasteiger partial charge >= 0.3 is 18.3 Å². The van der Waals surface area contributed by atoms with Gasteiger partial charge in [0.2, 0.25) is 6.10 Å². The quantitative estimate of drug-likeness (QED) is 0.550. The van der Waals surface area contributed by atoms with Gasteiger partial charge in [-0.2, -0.15) is 26.3 Å². The van der Waals surface area contributed by atoms with Gasteiger partial charge in [0.15, 0.2) is 0 Å². The molecule has 126 valence electrons. The summed E-state index contributed by atoms with van der Waals surface area (Å²) in [5.74, 6) is -0.964. The maximum absolute atomic E-state index is 12.3. The van der Waals surface area contributed by atoms with Gasteiger partial charge in [-0.25, -0.2) is 0 Å². The fourth-order valence-corrected chi connectivity index (χ4v) is 1.34. The van der Waals surface area contributed by atoms with Crippen LogP contribution < -0.4 is 5.32 Å². The van der Waals surface area contributed by atoms with Crippen LogP contribution in [0.25, 0.3) is 0 Å². The Morgan fingerprint density at radius 3 is 2.00 bits per heavy atom. The van der Waals surface area contributed by atoms with E-state index in [1.54, 1.807) is 6.92 Å². The van der Waals surface area contributed by atoms with Crippen LogP contribution in [0.15, 0.2) is 0 Å². The fourth-order valence-electron chi connectivity index (χ4n) is 1.34. The standard InChI is InChI=1S/C11H17F6NO3/c1-3-5-18-7(8(19)20-4-2)6-21-9(10(12,13)14)11(15,16)17/h7,9,18H,3-6H2,1-2H3. The first-order valence-corrected chi connectivity index (χ1v) is 6.19. The van der Waals surface area contributed by atoms with Crippen LogP contribution in [0, 0.1) is 0 Å². The molecule has 0 aromatic rings. The van der Waals surface area contributed by atoms with Gasteiger partial charge < -0.3 is 14.8 Å². The number of ether oxygens (including phenoxy) is 2. The molecular weight excluding hydrogens is 308 g/mol. The number of alkyl halides is 6. The summed E-state index contributed by atoms with van der Waals surface area (Å²) in [6.45, 7) is 2.25. The van der Waals surface area contributed by atoms with E-state index < -0.39 is 37.1 Å². The number of hydrogen-bond donors (Lipinski definition) is 1. The first-order valence-electron chi connectivity index (χ1n) is 6.19. The van der Waals surface area contributed by atoms with Crippen molar-refractivity contribution in [1.82, 2.24) is 5.32 Å². The highest BCUT2D eigenvalue weighted by molar-refractivity contribution is 5.75. The second-order valence-corrected chi connectivity index (χ2v) is 4.06. The average molecular weight is 325 g/mol. The van der Waals surface area contributed by atoms with Crippen molar-refractivity contribution >= 4 is 5.97 Å². The maximum Gasteiger partial charge on any atom is 0.423 e. The monoisotopic (exact) mass is 325 g/mol. The summed E-state index contributed by atoms with van der Waals surface area (Å²) in [6.07, 6.45) is -14.6. The lowest BCUT2D eigenvalue weighted by atomic mass is 10.3. The lowest BCUT2D eigenvalue weighted by Gasteiger charge is -2.25. The Labute approximate surface area is 117 Å². The fraction of sp³-hybridized carbons (Fsp3) is 0.909. The van der Waals surface area contributed by atoms with E-state index in [2.05, 4.69) is 14.8 Å². The van der Waals surface area contributed by atoms with Crippen molar-refractivity contribution < 1.29 is 40.6 Å². The number of esters is 1. The topological polar surface area (TPSA) is 47.6 Å². The summed E-state index contributed by atoms with van der Waals surface area (Å²) in [6, 6.07) is -1.39. The molecule has 1 N–H and O–H groups in total. The van der Waals surface area contributed by atoms with Gasteiger partial charge in [0, 0.05) is 0 Å². The molecule has 0 fully saturated rings. The van der Waals surface area contributed by atoms with Gasteiger partial charge in [-0.1, -0.05) is 6.92 Å². The number of hydrogen-bond acceptors (Lipinski definition) is 4. The molecule has 0 aliphatic rings. The Hall–Kier alpha value is -1.03. The van der Waals surface area contributed by atoms with E-state index in [9.17, 15) is 31.1 Å². The summed E-state index contributed by atoms with van der Waals surface area (Å²) in [5, 5.41) is 2.48. The molecule has 21 heavy (non-hydrogen) atoms. The highest BCUT2D eigenvalue weighted by Crippen LogP contribution is 2.35. The molecule has 0 heterocycles. The summed E-state index contributed by atoms with van der Waals surface area (Å²) in [7, 11) is 0. The van der Waals surface area contributed by atoms with Gasteiger partial charge in [0.05, 0.1) is 13.2 Å². The maximum atomic E-state index is 12.3.